The Morgan fingerprint density at radius 3 is 2.22 bits per heavy atom. The van der Waals surface area contributed by atoms with Crippen molar-refractivity contribution in [3.8, 4) is 0 Å². The molecule has 1 aliphatic rings. The summed E-state index contributed by atoms with van der Waals surface area (Å²) in [6, 6.07) is 0. The Kier molecular flexibility index (Phi) is 4.30. The minimum atomic E-state index is -0.333. The molecule has 9 heavy (non-hydrogen) atoms. The molecule has 0 fully saturated rings. The van der Waals surface area contributed by atoms with Gasteiger partial charge in [-0.2, -0.15) is 0 Å². The molecule has 0 radical (unpaired) electrons. The maximum Gasteiger partial charge on any atom is 0.183 e. The summed E-state index contributed by atoms with van der Waals surface area (Å²) in [5.41, 5.74) is 8.94. The minimum Gasteiger partial charge on any atom is -0.391 e. The van der Waals surface area contributed by atoms with E-state index in [1.807, 2.05) is 6.20 Å². The molecule has 0 atom stereocenters. The molecule has 0 spiro atoms. The lowest BCUT2D eigenvalue weighted by molar-refractivity contribution is 0.917. The first-order valence-corrected chi connectivity index (χ1v) is 2.71. The highest BCUT2D eigenvalue weighted by Gasteiger charge is 1.81. The second-order valence-electron chi connectivity index (χ2n) is 1.60. The van der Waals surface area contributed by atoms with Crippen LogP contribution in [-0.4, -0.2) is 12.5 Å². The van der Waals surface area contributed by atoms with Gasteiger partial charge in [0.25, 0.3) is 0 Å². The Morgan fingerprint density at radius 1 is 1.56 bits per heavy atom. The summed E-state index contributed by atoms with van der Waals surface area (Å²) >= 11 is 0. The Labute approximate surface area is 54.4 Å². The summed E-state index contributed by atoms with van der Waals surface area (Å²) in [7, 11) is 0. The maximum absolute atomic E-state index is 6.06. The van der Waals surface area contributed by atoms with Crippen molar-refractivity contribution < 1.29 is 0 Å². The third-order valence-electron chi connectivity index (χ3n) is 0.691. The van der Waals surface area contributed by atoms with Gasteiger partial charge in [0, 0.05) is 6.54 Å². The Hall–Kier alpha value is -1.19. The molecule has 4 nitrogen and oxygen atoms in total. The summed E-state index contributed by atoms with van der Waals surface area (Å²) in [5.74, 6) is -0.333. The van der Waals surface area contributed by atoms with Gasteiger partial charge in [-0.3, -0.25) is 5.41 Å². The van der Waals surface area contributed by atoms with Gasteiger partial charge >= 0.3 is 0 Å². The van der Waals surface area contributed by atoms with E-state index in [9.17, 15) is 0 Å². The van der Waals surface area contributed by atoms with Gasteiger partial charge in [0.2, 0.25) is 0 Å². The first-order chi connectivity index (χ1) is 4.23. The van der Waals surface area contributed by atoms with Crippen LogP contribution in [0.4, 0.5) is 0 Å². The zero-order valence-electron chi connectivity index (χ0n) is 5.22. The van der Waals surface area contributed by atoms with Crippen molar-refractivity contribution in [1.29, 1.82) is 5.41 Å². The highest BCUT2D eigenvalue weighted by atomic mass is 14.9. The quantitative estimate of drug-likeness (QED) is 0.258. The van der Waals surface area contributed by atoms with Crippen LogP contribution in [0.25, 0.3) is 0 Å². The second-order valence-corrected chi connectivity index (χ2v) is 1.60. The zero-order valence-corrected chi connectivity index (χ0v) is 5.22. The van der Waals surface area contributed by atoms with Gasteiger partial charge in [-0.05, 0) is 12.6 Å². The predicted molar refractivity (Wildman–Crippen MR) is 37.9 cm³/mol. The van der Waals surface area contributed by atoms with Crippen molar-refractivity contribution in [2.75, 3.05) is 6.54 Å². The van der Waals surface area contributed by atoms with Gasteiger partial charge in [0.05, 0.1) is 0 Å². The molecule has 0 amide bonds. The molecular weight excluding hydrogens is 116 g/mol. The van der Waals surface area contributed by atoms with Gasteiger partial charge in [-0.25, -0.2) is 0 Å². The Morgan fingerprint density at radius 2 is 2.11 bits per heavy atom. The van der Waals surface area contributed by atoms with Gasteiger partial charge < -0.3 is 16.8 Å². The topological polar surface area (TPSA) is 87.9 Å². The first kappa shape index (κ1) is 7.81. The first-order valence-electron chi connectivity index (χ1n) is 2.71. The molecular formula is C5H12N4. The van der Waals surface area contributed by atoms with Crippen LogP contribution < -0.4 is 16.8 Å². The molecule has 1 rings (SSSR count). The summed E-state index contributed by atoms with van der Waals surface area (Å²) in [5, 5.41) is 9.10. The van der Waals surface area contributed by atoms with Gasteiger partial charge in [-0.15, -0.1) is 0 Å². The van der Waals surface area contributed by atoms with Crippen LogP contribution in [0.2, 0.25) is 0 Å². The maximum atomic E-state index is 6.06. The summed E-state index contributed by atoms with van der Waals surface area (Å²) in [6.45, 7) is 1.14. The van der Waals surface area contributed by atoms with E-state index in [1.165, 1.54) is 6.42 Å². The smallest absolute Gasteiger partial charge is 0.183 e. The van der Waals surface area contributed by atoms with E-state index in [4.69, 9.17) is 5.41 Å². The molecule has 0 aromatic rings. The van der Waals surface area contributed by atoms with Crippen molar-refractivity contribution in [2.45, 2.75) is 6.42 Å². The number of hydrogen-bond donors (Lipinski definition) is 4. The largest absolute Gasteiger partial charge is 0.391 e. The molecule has 0 saturated heterocycles. The molecule has 4 heteroatoms. The van der Waals surface area contributed by atoms with Crippen LogP contribution in [0, 0.1) is 5.41 Å². The lowest BCUT2D eigenvalue weighted by Gasteiger charge is -1.78. The average Bonchev–Trinajstić information content (AvgIpc) is 2.11. The van der Waals surface area contributed by atoms with E-state index < -0.39 is 0 Å². The molecule has 0 bridgehead atoms. The SMILES string of the molecule is C1=CNCC1.N=C(N)N. The summed E-state index contributed by atoms with van der Waals surface area (Å²) < 4.78 is 0. The zero-order chi connectivity index (χ0) is 7.11. The fourth-order valence-electron chi connectivity index (χ4n) is 0.417. The third kappa shape index (κ3) is 10.9. The minimum absolute atomic E-state index is 0.333. The van der Waals surface area contributed by atoms with Crippen LogP contribution in [0.1, 0.15) is 6.42 Å². The van der Waals surface area contributed by atoms with Crippen molar-refractivity contribution in [2.24, 2.45) is 11.5 Å². The summed E-state index contributed by atoms with van der Waals surface area (Å²) in [4.78, 5) is 0. The van der Waals surface area contributed by atoms with Crippen LogP contribution >= 0.6 is 0 Å². The van der Waals surface area contributed by atoms with E-state index in [1.54, 1.807) is 0 Å². The predicted octanol–water partition coefficient (Wildman–Crippen LogP) is -0.668. The summed E-state index contributed by atoms with van der Waals surface area (Å²) in [6.07, 6.45) is 5.32. The van der Waals surface area contributed by atoms with Gasteiger partial charge in [0.1, 0.15) is 0 Å². The second kappa shape index (κ2) is 4.96. The van der Waals surface area contributed by atoms with Crippen LogP contribution in [0.3, 0.4) is 0 Å². The number of hydrogen-bond acceptors (Lipinski definition) is 2. The van der Waals surface area contributed by atoms with E-state index in [-0.39, 0.29) is 5.96 Å². The molecule has 0 unspecified atom stereocenters. The number of rotatable bonds is 0. The Bertz CT molecular complexity index is 97.5. The molecule has 1 heterocycles. The molecule has 6 N–H and O–H groups in total. The number of guanidine groups is 1. The van der Waals surface area contributed by atoms with Crippen LogP contribution in [0.15, 0.2) is 12.3 Å². The van der Waals surface area contributed by atoms with E-state index in [2.05, 4.69) is 22.9 Å². The van der Waals surface area contributed by atoms with E-state index in [0.29, 0.717) is 0 Å². The molecule has 0 aromatic carbocycles. The number of nitrogens with two attached hydrogens (primary N) is 2. The lowest BCUT2D eigenvalue weighted by Crippen LogP contribution is -2.20. The van der Waals surface area contributed by atoms with Crippen molar-refractivity contribution in [1.82, 2.24) is 5.32 Å². The fourth-order valence-corrected chi connectivity index (χ4v) is 0.417. The third-order valence-corrected chi connectivity index (χ3v) is 0.691. The molecule has 1 aliphatic heterocycles. The van der Waals surface area contributed by atoms with E-state index in [0.717, 1.165) is 6.54 Å². The van der Waals surface area contributed by atoms with Crippen LogP contribution in [-0.2, 0) is 0 Å². The van der Waals surface area contributed by atoms with Gasteiger partial charge in [-0.1, -0.05) is 6.08 Å². The Balaban J connectivity index is 0.000000148. The van der Waals surface area contributed by atoms with Crippen molar-refractivity contribution in [3.05, 3.63) is 12.3 Å². The lowest BCUT2D eigenvalue weighted by atomic mass is 10.5. The van der Waals surface area contributed by atoms with E-state index >= 15 is 0 Å². The highest BCUT2D eigenvalue weighted by Crippen LogP contribution is 1.84. The fraction of sp³-hybridized carbons (Fsp3) is 0.400. The van der Waals surface area contributed by atoms with Gasteiger partial charge in [0.15, 0.2) is 5.96 Å². The monoisotopic (exact) mass is 128 g/mol. The molecule has 0 aliphatic carbocycles. The molecule has 0 saturated carbocycles. The highest BCUT2D eigenvalue weighted by molar-refractivity contribution is 5.71. The molecule has 0 aromatic heterocycles. The average molecular weight is 128 g/mol. The van der Waals surface area contributed by atoms with Crippen LogP contribution in [0.5, 0.6) is 0 Å². The van der Waals surface area contributed by atoms with Crippen molar-refractivity contribution >= 4 is 5.96 Å². The van der Waals surface area contributed by atoms with Crippen molar-refractivity contribution in [3.63, 3.8) is 0 Å². The standard InChI is InChI=1S/C4H7N.CH5N3/c1-2-4-5-3-1;2-1(3)4/h1,3,5H,2,4H2;(H5,2,3,4). The normalized spacial score (nSPS) is 13.3. The number of nitrogens with one attached hydrogen (secondary N) is 2. The molecule has 52 valence electrons.